The van der Waals surface area contributed by atoms with Crippen LogP contribution in [0.3, 0.4) is 0 Å². The maximum Gasteiger partial charge on any atom is 0.329 e. The Balaban J connectivity index is 2.75. The minimum Gasteiger partial charge on any atom is -0.480 e. The topological polar surface area (TPSA) is 69.6 Å². The van der Waals surface area contributed by atoms with Gasteiger partial charge in [-0.25, -0.2) is 9.59 Å². The molecular formula is C15H22N2O3. The van der Waals surface area contributed by atoms with Crippen molar-refractivity contribution in [1.29, 1.82) is 0 Å². The molecule has 0 saturated heterocycles. The molecule has 0 fully saturated rings. The van der Waals surface area contributed by atoms with Crippen molar-refractivity contribution in [2.45, 2.75) is 39.3 Å². The molecule has 5 heteroatoms. The first-order valence-corrected chi connectivity index (χ1v) is 6.50. The van der Waals surface area contributed by atoms with E-state index in [1.54, 1.807) is 0 Å². The summed E-state index contributed by atoms with van der Waals surface area (Å²) >= 11 is 0. The summed E-state index contributed by atoms with van der Waals surface area (Å²) in [7, 11) is 1.48. The van der Waals surface area contributed by atoms with Crippen LogP contribution < -0.4 is 5.32 Å². The van der Waals surface area contributed by atoms with Crippen LogP contribution in [0, 0.1) is 6.92 Å². The number of carbonyl (C=O) groups excluding carboxylic acids is 1. The zero-order chi connectivity index (χ0) is 15.5. The smallest absolute Gasteiger partial charge is 0.329 e. The average Bonchev–Trinajstić information content (AvgIpc) is 2.38. The molecule has 110 valence electrons. The summed E-state index contributed by atoms with van der Waals surface area (Å²) in [5.41, 5.74) is 0.874. The predicted molar refractivity (Wildman–Crippen MR) is 77.6 cm³/mol. The highest BCUT2D eigenvalue weighted by Gasteiger charge is 2.35. The minimum absolute atomic E-state index is 0.185. The number of carbonyl (C=O) groups is 2. The largest absolute Gasteiger partial charge is 0.480 e. The monoisotopic (exact) mass is 278 g/mol. The highest BCUT2D eigenvalue weighted by Crippen LogP contribution is 2.16. The van der Waals surface area contributed by atoms with Crippen LogP contribution in [0.5, 0.6) is 0 Å². The number of hydrogen-bond acceptors (Lipinski definition) is 2. The van der Waals surface area contributed by atoms with E-state index >= 15 is 0 Å². The van der Waals surface area contributed by atoms with E-state index in [4.69, 9.17) is 5.11 Å². The molecule has 1 aromatic carbocycles. The van der Waals surface area contributed by atoms with Gasteiger partial charge in [-0.3, -0.25) is 0 Å². The molecule has 2 amide bonds. The number of amides is 2. The number of aryl methyl sites for hydroxylation is 1. The summed E-state index contributed by atoms with van der Waals surface area (Å²) < 4.78 is 0. The Bertz CT molecular complexity index is 494. The number of urea groups is 1. The van der Waals surface area contributed by atoms with Crippen LogP contribution in [0.25, 0.3) is 0 Å². The number of nitrogens with one attached hydrogen (secondary N) is 1. The van der Waals surface area contributed by atoms with Gasteiger partial charge < -0.3 is 15.3 Å². The second-order valence-corrected chi connectivity index (χ2v) is 5.51. The molecule has 20 heavy (non-hydrogen) atoms. The van der Waals surface area contributed by atoms with Crippen molar-refractivity contribution < 1.29 is 14.7 Å². The molecular weight excluding hydrogens is 256 g/mol. The van der Waals surface area contributed by atoms with Crippen molar-refractivity contribution in [3.8, 4) is 0 Å². The SMILES string of the molecule is Cc1ccc(C(C)NC(=O)N(C)C(C)(C)C(=O)O)cc1. The zero-order valence-corrected chi connectivity index (χ0v) is 12.6. The van der Waals surface area contributed by atoms with Gasteiger partial charge in [0.2, 0.25) is 0 Å². The first-order valence-electron chi connectivity index (χ1n) is 6.50. The predicted octanol–water partition coefficient (Wildman–Crippen LogP) is 2.56. The third kappa shape index (κ3) is 3.50. The van der Waals surface area contributed by atoms with Crippen LogP contribution in [0.1, 0.15) is 37.9 Å². The number of hydrogen-bond donors (Lipinski definition) is 2. The van der Waals surface area contributed by atoms with Crippen molar-refractivity contribution in [2.24, 2.45) is 0 Å². The molecule has 0 heterocycles. The lowest BCUT2D eigenvalue weighted by Crippen LogP contribution is -2.54. The van der Waals surface area contributed by atoms with Crippen LogP contribution in [-0.4, -0.2) is 34.6 Å². The first kappa shape index (κ1) is 16.0. The average molecular weight is 278 g/mol. The van der Waals surface area contributed by atoms with E-state index in [0.29, 0.717) is 0 Å². The van der Waals surface area contributed by atoms with E-state index < -0.39 is 17.5 Å². The Morgan fingerprint density at radius 1 is 1.25 bits per heavy atom. The molecule has 5 nitrogen and oxygen atoms in total. The Labute approximate surface area is 119 Å². The molecule has 0 bridgehead atoms. The Kier molecular flexibility index (Phi) is 4.76. The lowest BCUT2D eigenvalue weighted by molar-refractivity contribution is -0.146. The summed E-state index contributed by atoms with van der Waals surface area (Å²) in [5.74, 6) is -1.04. The van der Waals surface area contributed by atoms with E-state index in [1.165, 1.54) is 25.8 Å². The van der Waals surface area contributed by atoms with Gasteiger partial charge in [0.1, 0.15) is 5.54 Å². The maximum absolute atomic E-state index is 12.1. The molecule has 0 spiro atoms. The Morgan fingerprint density at radius 3 is 2.20 bits per heavy atom. The van der Waals surface area contributed by atoms with Crippen molar-refractivity contribution in [3.63, 3.8) is 0 Å². The highest BCUT2D eigenvalue weighted by molar-refractivity contribution is 5.85. The van der Waals surface area contributed by atoms with Crippen LogP contribution in [-0.2, 0) is 4.79 Å². The maximum atomic E-state index is 12.1. The van der Waals surface area contributed by atoms with Crippen LogP contribution >= 0.6 is 0 Å². The molecule has 1 aromatic rings. The Hall–Kier alpha value is -2.04. The summed E-state index contributed by atoms with van der Waals surface area (Å²) in [6.07, 6.45) is 0. The molecule has 0 aromatic heterocycles. The second kappa shape index (κ2) is 5.94. The first-order chi connectivity index (χ1) is 9.16. The standard InChI is InChI=1S/C15H22N2O3/c1-10-6-8-12(9-7-10)11(2)16-14(20)17(5)15(3,4)13(18)19/h6-9,11H,1-5H3,(H,16,20)(H,18,19). The summed E-state index contributed by atoms with van der Waals surface area (Å²) in [5, 5.41) is 11.9. The van der Waals surface area contributed by atoms with E-state index in [1.807, 2.05) is 38.1 Å². The van der Waals surface area contributed by atoms with Gasteiger partial charge in [-0.05, 0) is 33.3 Å². The lowest BCUT2D eigenvalue weighted by Gasteiger charge is -2.32. The zero-order valence-electron chi connectivity index (χ0n) is 12.6. The van der Waals surface area contributed by atoms with Gasteiger partial charge in [0.05, 0.1) is 6.04 Å². The van der Waals surface area contributed by atoms with E-state index in [2.05, 4.69) is 5.32 Å². The third-order valence-corrected chi connectivity index (χ3v) is 3.58. The van der Waals surface area contributed by atoms with Gasteiger partial charge in [-0.2, -0.15) is 0 Å². The van der Waals surface area contributed by atoms with E-state index in [9.17, 15) is 9.59 Å². The van der Waals surface area contributed by atoms with Gasteiger partial charge in [-0.1, -0.05) is 29.8 Å². The number of benzene rings is 1. The van der Waals surface area contributed by atoms with Gasteiger partial charge in [0.15, 0.2) is 0 Å². The molecule has 0 aliphatic heterocycles. The van der Waals surface area contributed by atoms with Gasteiger partial charge in [-0.15, -0.1) is 0 Å². The molecule has 2 N–H and O–H groups in total. The fraction of sp³-hybridized carbons (Fsp3) is 0.467. The van der Waals surface area contributed by atoms with Gasteiger partial charge in [0.25, 0.3) is 0 Å². The van der Waals surface area contributed by atoms with Crippen LogP contribution in [0.4, 0.5) is 4.79 Å². The van der Waals surface area contributed by atoms with Crippen molar-refractivity contribution in [1.82, 2.24) is 10.2 Å². The van der Waals surface area contributed by atoms with E-state index in [0.717, 1.165) is 11.1 Å². The lowest BCUT2D eigenvalue weighted by atomic mass is 10.0. The summed E-state index contributed by atoms with van der Waals surface area (Å²) in [4.78, 5) is 24.4. The molecule has 0 saturated carbocycles. The van der Waals surface area contributed by atoms with Crippen LogP contribution in [0.2, 0.25) is 0 Å². The normalized spacial score (nSPS) is 12.7. The molecule has 0 aliphatic rings. The number of carboxylic acid groups (broad SMARTS) is 1. The molecule has 1 atom stereocenters. The van der Waals surface area contributed by atoms with Crippen LogP contribution in [0.15, 0.2) is 24.3 Å². The minimum atomic E-state index is -1.25. The fourth-order valence-corrected chi connectivity index (χ4v) is 1.62. The molecule has 0 radical (unpaired) electrons. The molecule has 0 aliphatic carbocycles. The van der Waals surface area contributed by atoms with Crippen molar-refractivity contribution in [3.05, 3.63) is 35.4 Å². The number of aliphatic carboxylic acids is 1. The van der Waals surface area contributed by atoms with Gasteiger partial charge >= 0.3 is 12.0 Å². The van der Waals surface area contributed by atoms with Crippen molar-refractivity contribution in [2.75, 3.05) is 7.05 Å². The fourth-order valence-electron chi connectivity index (χ4n) is 1.62. The Morgan fingerprint density at radius 2 is 1.75 bits per heavy atom. The summed E-state index contributed by atoms with van der Waals surface area (Å²) in [6, 6.07) is 7.25. The second-order valence-electron chi connectivity index (χ2n) is 5.51. The number of likely N-dealkylation sites (N-methyl/N-ethyl adjacent to an activating group) is 1. The van der Waals surface area contributed by atoms with E-state index in [-0.39, 0.29) is 6.04 Å². The van der Waals surface area contributed by atoms with Gasteiger partial charge in [0, 0.05) is 7.05 Å². The number of carboxylic acids is 1. The van der Waals surface area contributed by atoms with Crippen molar-refractivity contribution >= 4 is 12.0 Å². The third-order valence-electron chi connectivity index (χ3n) is 3.58. The molecule has 1 unspecified atom stereocenters. The number of rotatable bonds is 4. The quantitative estimate of drug-likeness (QED) is 0.889. The highest BCUT2D eigenvalue weighted by atomic mass is 16.4. The summed E-state index contributed by atoms with van der Waals surface area (Å²) in [6.45, 7) is 6.84. The number of nitrogens with zero attached hydrogens (tertiary/aromatic N) is 1. The molecule has 1 rings (SSSR count).